The monoisotopic (exact) mass is 615 g/mol. The van der Waals surface area contributed by atoms with Crippen molar-refractivity contribution in [3.63, 3.8) is 0 Å². The summed E-state index contributed by atoms with van der Waals surface area (Å²) in [5, 5.41) is 2.31. The van der Waals surface area contributed by atoms with Crippen LogP contribution >= 0.6 is 0 Å². The van der Waals surface area contributed by atoms with Crippen molar-refractivity contribution in [2.75, 3.05) is 4.90 Å². The molecule has 0 atom stereocenters. The summed E-state index contributed by atoms with van der Waals surface area (Å²) in [6.45, 7) is 2.12. The fraction of sp³-hybridized carbons (Fsp3) is 0.0222. The molecular formula is C45H33N3. The average Bonchev–Trinajstić information content (AvgIpc) is 3.16. The fourth-order valence-corrected chi connectivity index (χ4v) is 6.42. The van der Waals surface area contributed by atoms with E-state index in [9.17, 15) is 0 Å². The Kier molecular flexibility index (Phi) is 7.77. The van der Waals surface area contributed by atoms with Gasteiger partial charge in [-0.3, -0.25) is 9.97 Å². The number of benzene rings is 6. The second kappa shape index (κ2) is 12.8. The van der Waals surface area contributed by atoms with E-state index in [1.165, 1.54) is 16.5 Å². The smallest absolute Gasteiger partial charge is 0.0709 e. The number of para-hydroxylation sites is 1. The molecule has 0 aliphatic rings. The lowest BCUT2D eigenvalue weighted by Gasteiger charge is -2.28. The van der Waals surface area contributed by atoms with Gasteiger partial charge in [0.25, 0.3) is 0 Å². The maximum absolute atomic E-state index is 4.90. The number of aryl methyl sites for hydroxylation is 1. The molecule has 6 aromatic carbocycles. The van der Waals surface area contributed by atoms with Crippen LogP contribution < -0.4 is 4.90 Å². The molecule has 0 saturated carbocycles. The third-order valence-corrected chi connectivity index (χ3v) is 8.85. The van der Waals surface area contributed by atoms with Crippen molar-refractivity contribution in [2.24, 2.45) is 0 Å². The van der Waals surface area contributed by atoms with Crippen LogP contribution in [0.4, 0.5) is 17.1 Å². The van der Waals surface area contributed by atoms with Gasteiger partial charge in [-0.05, 0) is 77.0 Å². The molecule has 0 N–H and O–H groups in total. The molecule has 0 aliphatic heterocycles. The number of hydrogen-bond donors (Lipinski definition) is 0. The van der Waals surface area contributed by atoms with Crippen LogP contribution in [0.15, 0.2) is 182 Å². The Hall–Kier alpha value is -6.32. The van der Waals surface area contributed by atoms with Gasteiger partial charge in [0.05, 0.1) is 17.1 Å². The molecule has 228 valence electrons. The summed E-state index contributed by atoms with van der Waals surface area (Å²) in [5.41, 5.74) is 13.0. The molecule has 3 heteroatoms. The van der Waals surface area contributed by atoms with Gasteiger partial charge >= 0.3 is 0 Å². The highest BCUT2D eigenvalue weighted by Gasteiger charge is 2.19. The number of hydrogen-bond acceptors (Lipinski definition) is 3. The van der Waals surface area contributed by atoms with Crippen molar-refractivity contribution in [2.45, 2.75) is 6.92 Å². The van der Waals surface area contributed by atoms with Crippen LogP contribution in [0.2, 0.25) is 0 Å². The minimum atomic E-state index is 0.937. The number of nitrogens with zero attached hydrogens (tertiary/aromatic N) is 3. The van der Waals surface area contributed by atoms with Gasteiger partial charge in [0.1, 0.15) is 0 Å². The summed E-state index contributed by atoms with van der Waals surface area (Å²) in [5.74, 6) is 0. The molecule has 0 bridgehead atoms. The van der Waals surface area contributed by atoms with Crippen LogP contribution in [-0.2, 0) is 0 Å². The van der Waals surface area contributed by atoms with Gasteiger partial charge in [-0.25, -0.2) is 0 Å². The fourth-order valence-electron chi connectivity index (χ4n) is 6.42. The van der Waals surface area contributed by atoms with E-state index in [-0.39, 0.29) is 0 Å². The van der Waals surface area contributed by atoms with Crippen LogP contribution in [0, 0.1) is 6.92 Å². The quantitative estimate of drug-likeness (QED) is 0.179. The van der Waals surface area contributed by atoms with Crippen LogP contribution in [-0.4, -0.2) is 9.97 Å². The van der Waals surface area contributed by atoms with E-state index < -0.39 is 0 Å². The Morgan fingerprint density at radius 1 is 0.396 bits per heavy atom. The van der Waals surface area contributed by atoms with Gasteiger partial charge < -0.3 is 4.90 Å². The van der Waals surface area contributed by atoms with Crippen molar-refractivity contribution in [1.82, 2.24) is 9.97 Å². The molecule has 2 aromatic heterocycles. The molecule has 8 aromatic rings. The zero-order valence-electron chi connectivity index (χ0n) is 26.7. The molecule has 0 saturated heterocycles. The first kappa shape index (κ1) is 29.1. The van der Waals surface area contributed by atoms with Gasteiger partial charge in [-0.2, -0.15) is 0 Å². The lowest BCUT2D eigenvalue weighted by Crippen LogP contribution is -2.11. The highest BCUT2D eigenvalue weighted by atomic mass is 15.1. The number of anilines is 3. The highest BCUT2D eigenvalue weighted by Crippen LogP contribution is 2.42. The Balaban J connectivity index is 1.29. The standard InChI is InChI=1S/C45H33N3/c1-32-30-46-44(29-42(32)34-16-6-3-7-17-34)37-21-13-23-40(27-37)48(45-25-11-10-24-41(45)33-14-4-2-5-15-33)39-22-12-20-36(26-39)43-28-35-18-8-9-19-38(35)31-47-43/h2-31H,1H3. The van der Waals surface area contributed by atoms with Gasteiger partial charge in [-0.1, -0.05) is 127 Å². The first-order chi connectivity index (χ1) is 23.7. The van der Waals surface area contributed by atoms with Gasteiger partial charge in [-0.15, -0.1) is 0 Å². The maximum atomic E-state index is 4.90. The second-order valence-corrected chi connectivity index (χ2v) is 12.0. The van der Waals surface area contributed by atoms with Gasteiger partial charge in [0.2, 0.25) is 0 Å². The Morgan fingerprint density at radius 2 is 0.917 bits per heavy atom. The molecule has 2 heterocycles. The van der Waals surface area contributed by atoms with E-state index in [4.69, 9.17) is 9.97 Å². The zero-order chi connectivity index (χ0) is 32.3. The molecule has 48 heavy (non-hydrogen) atoms. The van der Waals surface area contributed by atoms with Crippen LogP contribution in [0.5, 0.6) is 0 Å². The summed E-state index contributed by atoms with van der Waals surface area (Å²) >= 11 is 0. The molecule has 3 nitrogen and oxygen atoms in total. The Bertz CT molecular complexity index is 2360. The van der Waals surface area contributed by atoms with E-state index in [0.717, 1.165) is 61.7 Å². The molecule has 0 amide bonds. The number of pyridine rings is 2. The molecular weight excluding hydrogens is 583 g/mol. The Labute approximate surface area is 281 Å². The zero-order valence-corrected chi connectivity index (χ0v) is 26.7. The largest absolute Gasteiger partial charge is 0.310 e. The number of aromatic nitrogens is 2. The van der Waals surface area contributed by atoms with E-state index >= 15 is 0 Å². The molecule has 8 rings (SSSR count). The maximum Gasteiger partial charge on any atom is 0.0709 e. The summed E-state index contributed by atoms with van der Waals surface area (Å²) in [6, 6.07) is 59.9. The van der Waals surface area contributed by atoms with Crippen molar-refractivity contribution >= 4 is 27.8 Å². The van der Waals surface area contributed by atoms with E-state index in [2.05, 4.69) is 182 Å². The van der Waals surface area contributed by atoms with Crippen molar-refractivity contribution < 1.29 is 0 Å². The predicted molar refractivity (Wildman–Crippen MR) is 201 cm³/mol. The first-order valence-corrected chi connectivity index (χ1v) is 16.2. The SMILES string of the molecule is Cc1cnc(-c2cccc(N(c3cccc(-c4cc5ccccc5cn4)c3)c3ccccc3-c3ccccc3)c2)cc1-c1ccccc1. The molecule has 0 fully saturated rings. The van der Waals surface area contributed by atoms with Crippen LogP contribution in [0.3, 0.4) is 0 Å². The summed E-state index contributed by atoms with van der Waals surface area (Å²) in [4.78, 5) is 12.1. The third kappa shape index (κ3) is 5.74. The lowest BCUT2D eigenvalue weighted by molar-refractivity contribution is 1.25. The van der Waals surface area contributed by atoms with E-state index in [1.54, 1.807) is 0 Å². The minimum Gasteiger partial charge on any atom is -0.310 e. The van der Waals surface area contributed by atoms with Crippen molar-refractivity contribution in [1.29, 1.82) is 0 Å². The minimum absolute atomic E-state index is 0.937. The topological polar surface area (TPSA) is 29.0 Å². The first-order valence-electron chi connectivity index (χ1n) is 16.2. The highest BCUT2D eigenvalue weighted by molar-refractivity contribution is 5.91. The average molecular weight is 616 g/mol. The number of rotatable bonds is 7. The van der Waals surface area contributed by atoms with Crippen molar-refractivity contribution in [3.05, 3.63) is 188 Å². The van der Waals surface area contributed by atoms with E-state index in [1.807, 2.05) is 12.4 Å². The molecule has 0 spiro atoms. The van der Waals surface area contributed by atoms with Crippen LogP contribution in [0.1, 0.15) is 5.56 Å². The normalized spacial score (nSPS) is 11.0. The predicted octanol–water partition coefficient (Wildman–Crippen LogP) is 12.1. The van der Waals surface area contributed by atoms with E-state index in [0.29, 0.717) is 0 Å². The third-order valence-electron chi connectivity index (χ3n) is 8.85. The van der Waals surface area contributed by atoms with Gasteiger partial charge in [0, 0.05) is 45.8 Å². The molecule has 0 radical (unpaired) electrons. The molecule has 0 aliphatic carbocycles. The van der Waals surface area contributed by atoms with Crippen LogP contribution in [0.25, 0.3) is 55.5 Å². The summed E-state index contributed by atoms with van der Waals surface area (Å²) in [6.07, 6.45) is 3.94. The molecule has 0 unspecified atom stereocenters. The summed E-state index contributed by atoms with van der Waals surface area (Å²) < 4.78 is 0. The van der Waals surface area contributed by atoms with Crippen molar-refractivity contribution in [3.8, 4) is 44.8 Å². The van der Waals surface area contributed by atoms with Gasteiger partial charge in [0.15, 0.2) is 0 Å². The summed E-state index contributed by atoms with van der Waals surface area (Å²) in [7, 11) is 0. The second-order valence-electron chi connectivity index (χ2n) is 12.0. The number of fused-ring (bicyclic) bond motifs is 1. The Morgan fingerprint density at radius 3 is 1.60 bits per heavy atom. The lowest BCUT2D eigenvalue weighted by atomic mass is 9.98.